The van der Waals surface area contributed by atoms with E-state index in [1.165, 1.54) is 0 Å². The van der Waals surface area contributed by atoms with Gasteiger partial charge in [-0.15, -0.1) is 0 Å². The van der Waals surface area contributed by atoms with Crippen molar-refractivity contribution < 1.29 is 32.6 Å². The standard InChI is InChI=1S/C21H17ClN6O2.C2HF3O2/c22-17-11-14(3-6-18(17)30-16-7-9-24-10-8-16)21(29)25-15-4-1-13(2-5-15)20-26-19(12-23)27-28-20;3-2(4,5)1(6)7/h1-11H,12,23H2,(H,25,29)(H,26,27,28);(H,6,7). The number of hydrogen-bond donors (Lipinski definition) is 4. The number of aromatic nitrogens is 4. The van der Waals surface area contributed by atoms with E-state index in [-0.39, 0.29) is 12.5 Å². The molecule has 0 aliphatic heterocycles. The number of aromatic amines is 1. The van der Waals surface area contributed by atoms with Crippen molar-refractivity contribution in [1.29, 1.82) is 0 Å². The van der Waals surface area contributed by atoms with Gasteiger partial charge < -0.3 is 20.9 Å². The van der Waals surface area contributed by atoms with Crippen LogP contribution in [-0.2, 0) is 11.3 Å². The zero-order valence-electron chi connectivity index (χ0n) is 18.7. The molecule has 2 heterocycles. The first-order valence-electron chi connectivity index (χ1n) is 10.3. The van der Waals surface area contributed by atoms with Gasteiger partial charge in [-0.2, -0.15) is 18.3 Å². The molecule has 4 rings (SSSR count). The Labute approximate surface area is 212 Å². The molecule has 14 heteroatoms. The van der Waals surface area contributed by atoms with Crippen LogP contribution in [0.5, 0.6) is 11.5 Å². The van der Waals surface area contributed by atoms with E-state index >= 15 is 0 Å². The number of alkyl halides is 3. The van der Waals surface area contributed by atoms with Crippen LogP contribution in [0, 0.1) is 0 Å². The molecule has 2 aromatic carbocycles. The van der Waals surface area contributed by atoms with Crippen molar-refractivity contribution >= 4 is 29.2 Å². The Balaban J connectivity index is 0.000000479. The van der Waals surface area contributed by atoms with Crippen LogP contribution in [0.4, 0.5) is 18.9 Å². The summed E-state index contributed by atoms with van der Waals surface area (Å²) in [5.41, 5.74) is 7.38. The number of halogens is 4. The van der Waals surface area contributed by atoms with Crippen LogP contribution in [0.15, 0.2) is 67.0 Å². The number of carbonyl (C=O) groups excluding carboxylic acids is 1. The Morgan fingerprint density at radius 1 is 1.08 bits per heavy atom. The molecule has 0 atom stereocenters. The number of aliphatic carboxylic acids is 1. The minimum atomic E-state index is -5.08. The lowest BCUT2D eigenvalue weighted by molar-refractivity contribution is -0.192. The number of pyridine rings is 1. The minimum Gasteiger partial charge on any atom is -0.475 e. The Bertz CT molecular complexity index is 1370. The maximum atomic E-state index is 12.6. The quantitative estimate of drug-likeness (QED) is 0.278. The fourth-order valence-electron chi connectivity index (χ4n) is 2.68. The van der Waals surface area contributed by atoms with Crippen molar-refractivity contribution in [3.8, 4) is 22.9 Å². The van der Waals surface area contributed by atoms with Gasteiger partial charge in [0.15, 0.2) is 5.82 Å². The van der Waals surface area contributed by atoms with E-state index in [0.717, 1.165) is 5.56 Å². The number of hydrogen-bond acceptors (Lipinski definition) is 7. The third-order valence-electron chi connectivity index (χ3n) is 4.44. The van der Waals surface area contributed by atoms with Gasteiger partial charge in [-0.25, -0.2) is 9.78 Å². The van der Waals surface area contributed by atoms with Crippen molar-refractivity contribution in [3.63, 3.8) is 0 Å². The van der Waals surface area contributed by atoms with Crippen LogP contribution < -0.4 is 15.8 Å². The van der Waals surface area contributed by atoms with E-state index in [0.29, 0.717) is 39.4 Å². The van der Waals surface area contributed by atoms with Crippen LogP contribution in [-0.4, -0.2) is 43.3 Å². The molecule has 0 aliphatic rings. The molecule has 0 unspecified atom stereocenters. The van der Waals surface area contributed by atoms with Gasteiger partial charge in [-0.05, 0) is 54.6 Å². The topological polar surface area (TPSA) is 156 Å². The van der Waals surface area contributed by atoms with Gasteiger partial charge in [-0.1, -0.05) is 11.6 Å². The van der Waals surface area contributed by atoms with Gasteiger partial charge in [0.05, 0.1) is 11.6 Å². The Hall–Kier alpha value is -4.49. The SMILES string of the molecule is NCc1nc(-c2ccc(NC(=O)c3ccc(Oc4ccncc4)c(Cl)c3)cc2)n[nH]1.O=C(O)C(F)(F)F. The van der Waals surface area contributed by atoms with E-state index in [1.807, 2.05) is 12.1 Å². The van der Waals surface area contributed by atoms with Crippen molar-refractivity contribution in [2.24, 2.45) is 5.73 Å². The molecule has 0 bridgehead atoms. The average molecular weight is 535 g/mol. The van der Waals surface area contributed by atoms with Crippen molar-refractivity contribution in [1.82, 2.24) is 20.2 Å². The molecule has 1 amide bonds. The normalized spacial score (nSPS) is 10.7. The first-order valence-corrected chi connectivity index (χ1v) is 10.7. The number of carbonyl (C=O) groups is 2. The van der Waals surface area contributed by atoms with Crippen LogP contribution in [0.25, 0.3) is 11.4 Å². The molecule has 0 fully saturated rings. The predicted octanol–water partition coefficient (Wildman–Crippen LogP) is 4.66. The summed E-state index contributed by atoms with van der Waals surface area (Å²) in [6.45, 7) is 0.288. The second-order valence-corrected chi connectivity index (χ2v) is 7.48. The number of nitrogens with one attached hydrogen (secondary N) is 2. The summed E-state index contributed by atoms with van der Waals surface area (Å²) in [6, 6.07) is 15.5. The summed E-state index contributed by atoms with van der Waals surface area (Å²) < 4.78 is 37.4. The van der Waals surface area contributed by atoms with Crippen LogP contribution >= 0.6 is 11.6 Å². The summed E-state index contributed by atoms with van der Waals surface area (Å²) in [5.74, 6) is -0.835. The first-order chi connectivity index (χ1) is 17.6. The van der Waals surface area contributed by atoms with E-state index < -0.39 is 12.1 Å². The lowest BCUT2D eigenvalue weighted by Gasteiger charge is -2.10. The maximum absolute atomic E-state index is 12.6. The zero-order chi connectivity index (χ0) is 27.0. The molecule has 192 valence electrons. The molecule has 0 radical (unpaired) electrons. The van der Waals surface area contributed by atoms with Crippen molar-refractivity contribution in [2.75, 3.05) is 5.32 Å². The number of carboxylic acids is 1. The number of rotatable bonds is 6. The van der Waals surface area contributed by atoms with Crippen molar-refractivity contribution in [2.45, 2.75) is 12.7 Å². The summed E-state index contributed by atoms with van der Waals surface area (Å²) >= 11 is 6.28. The molecule has 2 aromatic heterocycles. The second-order valence-electron chi connectivity index (χ2n) is 7.07. The van der Waals surface area contributed by atoms with E-state index in [2.05, 4.69) is 25.5 Å². The molecule has 37 heavy (non-hydrogen) atoms. The zero-order valence-corrected chi connectivity index (χ0v) is 19.4. The Kier molecular flexibility index (Phi) is 8.77. The van der Waals surface area contributed by atoms with Gasteiger partial charge in [0.1, 0.15) is 17.3 Å². The van der Waals surface area contributed by atoms with E-state index in [9.17, 15) is 18.0 Å². The highest BCUT2D eigenvalue weighted by molar-refractivity contribution is 6.32. The van der Waals surface area contributed by atoms with Gasteiger partial charge in [-0.3, -0.25) is 14.9 Å². The van der Waals surface area contributed by atoms with E-state index in [4.69, 9.17) is 32.0 Å². The first kappa shape index (κ1) is 27.1. The smallest absolute Gasteiger partial charge is 0.475 e. The highest BCUT2D eigenvalue weighted by atomic mass is 35.5. The number of amides is 1. The fraction of sp³-hybridized carbons (Fsp3) is 0.0870. The largest absolute Gasteiger partial charge is 0.490 e. The Morgan fingerprint density at radius 2 is 1.73 bits per heavy atom. The predicted molar refractivity (Wildman–Crippen MR) is 127 cm³/mol. The lowest BCUT2D eigenvalue weighted by Crippen LogP contribution is -2.21. The van der Waals surface area contributed by atoms with Gasteiger partial charge >= 0.3 is 12.1 Å². The van der Waals surface area contributed by atoms with Gasteiger partial charge in [0.25, 0.3) is 5.91 Å². The third-order valence-corrected chi connectivity index (χ3v) is 4.74. The fourth-order valence-corrected chi connectivity index (χ4v) is 2.90. The van der Waals surface area contributed by atoms with Crippen LogP contribution in [0.2, 0.25) is 5.02 Å². The molecule has 0 aliphatic carbocycles. The lowest BCUT2D eigenvalue weighted by atomic mass is 10.1. The summed E-state index contributed by atoms with van der Waals surface area (Å²) in [5, 5.41) is 17.2. The Morgan fingerprint density at radius 3 is 2.27 bits per heavy atom. The molecule has 0 spiro atoms. The highest BCUT2D eigenvalue weighted by Gasteiger charge is 2.38. The average Bonchev–Trinajstić information content (AvgIpc) is 3.35. The second kappa shape index (κ2) is 12.0. The van der Waals surface area contributed by atoms with Gasteiger partial charge in [0.2, 0.25) is 0 Å². The third kappa shape index (κ3) is 7.75. The number of nitrogens with zero attached hydrogens (tertiary/aromatic N) is 3. The molecule has 4 aromatic rings. The van der Waals surface area contributed by atoms with Crippen molar-refractivity contribution in [3.05, 3.63) is 83.4 Å². The number of H-pyrrole nitrogens is 1. The molecule has 0 saturated carbocycles. The maximum Gasteiger partial charge on any atom is 0.490 e. The number of anilines is 1. The number of nitrogens with two attached hydrogens (primary N) is 1. The monoisotopic (exact) mass is 534 g/mol. The molecular weight excluding hydrogens is 517 g/mol. The highest BCUT2D eigenvalue weighted by Crippen LogP contribution is 2.30. The number of benzene rings is 2. The molecule has 5 N–H and O–H groups in total. The van der Waals surface area contributed by atoms with Gasteiger partial charge in [0, 0.05) is 29.2 Å². The van der Waals surface area contributed by atoms with Crippen LogP contribution in [0.3, 0.4) is 0 Å². The minimum absolute atomic E-state index is 0.288. The summed E-state index contributed by atoms with van der Waals surface area (Å²) in [4.78, 5) is 29.7. The molecular formula is C23H18ClF3N6O4. The number of ether oxygens (including phenoxy) is 1. The van der Waals surface area contributed by atoms with E-state index in [1.54, 1.807) is 54.9 Å². The molecule has 0 saturated heterocycles. The molecule has 10 nitrogen and oxygen atoms in total. The number of carboxylic acid groups (broad SMARTS) is 1. The van der Waals surface area contributed by atoms with Crippen LogP contribution in [0.1, 0.15) is 16.2 Å². The summed E-state index contributed by atoms with van der Waals surface area (Å²) in [6.07, 6.45) is -1.84. The summed E-state index contributed by atoms with van der Waals surface area (Å²) in [7, 11) is 0.